The summed E-state index contributed by atoms with van der Waals surface area (Å²) in [6.07, 6.45) is -5.89. The van der Waals surface area contributed by atoms with Gasteiger partial charge in [0.25, 0.3) is 0 Å². The molecule has 8 heteroatoms. The fourth-order valence-corrected chi connectivity index (χ4v) is 2.84. The zero-order chi connectivity index (χ0) is 14.7. The third-order valence-electron chi connectivity index (χ3n) is 2.32. The maximum atomic E-state index is 11.9. The molecule has 0 aliphatic heterocycles. The van der Waals surface area contributed by atoms with Crippen LogP contribution in [-0.2, 0) is 10.0 Å². The molecule has 0 fully saturated rings. The van der Waals surface area contributed by atoms with E-state index >= 15 is 0 Å². The molecule has 1 aromatic carbocycles. The SMILES string of the molecule is Cc1ccc(NS(=O)(=O)CCCC(F)(F)F)cc1Br. The summed E-state index contributed by atoms with van der Waals surface area (Å²) < 4.78 is 61.9. The maximum Gasteiger partial charge on any atom is 0.389 e. The first-order chi connectivity index (χ1) is 8.59. The van der Waals surface area contributed by atoms with Gasteiger partial charge in [-0.15, -0.1) is 0 Å². The van der Waals surface area contributed by atoms with E-state index in [2.05, 4.69) is 20.7 Å². The van der Waals surface area contributed by atoms with Gasteiger partial charge in [0.05, 0.1) is 5.75 Å². The standard InChI is InChI=1S/C11H13BrF3NO2S/c1-8-3-4-9(7-10(8)12)16-19(17,18)6-2-5-11(13,14)15/h3-4,7,16H,2,5-6H2,1H3. The highest BCUT2D eigenvalue weighted by molar-refractivity contribution is 9.10. The quantitative estimate of drug-likeness (QED) is 0.867. The van der Waals surface area contributed by atoms with Crippen molar-refractivity contribution in [3.8, 4) is 0 Å². The summed E-state index contributed by atoms with van der Waals surface area (Å²) in [4.78, 5) is 0. The van der Waals surface area contributed by atoms with Crippen LogP contribution in [0.2, 0.25) is 0 Å². The molecule has 0 aromatic heterocycles. The molecular formula is C11H13BrF3NO2S. The Bertz CT molecular complexity index is 543. The number of rotatable bonds is 5. The Hall–Kier alpha value is -0.760. The van der Waals surface area contributed by atoms with Crippen molar-refractivity contribution in [2.24, 2.45) is 0 Å². The van der Waals surface area contributed by atoms with Gasteiger partial charge in [-0.2, -0.15) is 13.2 Å². The average molecular weight is 360 g/mol. The zero-order valence-electron chi connectivity index (χ0n) is 10.1. The van der Waals surface area contributed by atoms with Crippen molar-refractivity contribution >= 4 is 31.6 Å². The minimum atomic E-state index is -4.33. The summed E-state index contributed by atoms with van der Waals surface area (Å²) in [6, 6.07) is 4.83. The van der Waals surface area contributed by atoms with Gasteiger partial charge in [0.15, 0.2) is 0 Å². The van der Waals surface area contributed by atoms with Crippen LogP contribution in [0.25, 0.3) is 0 Å². The van der Waals surface area contributed by atoms with Crippen LogP contribution in [0.1, 0.15) is 18.4 Å². The highest BCUT2D eigenvalue weighted by atomic mass is 79.9. The summed E-state index contributed by atoms with van der Waals surface area (Å²) in [6.45, 7) is 1.84. The largest absolute Gasteiger partial charge is 0.389 e. The lowest BCUT2D eigenvalue weighted by Crippen LogP contribution is -2.18. The number of halogens is 4. The second-order valence-corrected chi connectivity index (χ2v) is 6.80. The minimum Gasteiger partial charge on any atom is -0.284 e. The monoisotopic (exact) mass is 359 g/mol. The lowest BCUT2D eigenvalue weighted by Gasteiger charge is -2.10. The Morgan fingerprint density at radius 2 is 1.95 bits per heavy atom. The summed E-state index contributed by atoms with van der Waals surface area (Å²) in [7, 11) is -3.76. The number of benzene rings is 1. The van der Waals surface area contributed by atoms with Crippen molar-refractivity contribution in [3.63, 3.8) is 0 Å². The molecule has 0 spiro atoms. The summed E-state index contributed by atoms with van der Waals surface area (Å²) >= 11 is 3.25. The van der Waals surface area contributed by atoms with Gasteiger partial charge in [-0.3, -0.25) is 4.72 Å². The van der Waals surface area contributed by atoms with E-state index in [1.807, 2.05) is 6.92 Å². The molecule has 0 amide bonds. The van der Waals surface area contributed by atoms with Gasteiger partial charge >= 0.3 is 6.18 Å². The number of nitrogens with one attached hydrogen (secondary N) is 1. The molecule has 0 unspecified atom stereocenters. The van der Waals surface area contributed by atoms with E-state index in [1.165, 1.54) is 0 Å². The highest BCUT2D eigenvalue weighted by Gasteiger charge is 2.27. The van der Waals surface area contributed by atoms with Crippen LogP contribution in [0.4, 0.5) is 18.9 Å². The Labute approximate surface area is 118 Å². The predicted molar refractivity (Wildman–Crippen MR) is 71.6 cm³/mol. The molecule has 0 radical (unpaired) electrons. The third-order valence-corrected chi connectivity index (χ3v) is 4.55. The molecule has 0 atom stereocenters. The molecule has 1 aromatic rings. The third kappa shape index (κ3) is 6.29. The van der Waals surface area contributed by atoms with Crippen LogP contribution in [0.15, 0.2) is 22.7 Å². The molecule has 1 N–H and O–H groups in total. The van der Waals surface area contributed by atoms with Gasteiger partial charge < -0.3 is 0 Å². The van der Waals surface area contributed by atoms with Crippen LogP contribution >= 0.6 is 15.9 Å². The van der Waals surface area contributed by atoms with Gasteiger partial charge in [0, 0.05) is 16.6 Å². The van der Waals surface area contributed by atoms with E-state index in [1.54, 1.807) is 18.2 Å². The Balaban J connectivity index is 2.61. The molecule has 0 aliphatic rings. The van der Waals surface area contributed by atoms with Crippen molar-refractivity contribution in [1.29, 1.82) is 0 Å². The fourth-order valence-electron chi connectivity index (χ4n) is 1.35. The van der Waals surface area contributed by atoms with E-state index in [-0.39, 0.29) is 0 Å². The number of anilines is 1. The van der Waals surface area contributed by atoms with Crippen LogP contribution in [0, 0.1) is 6.92 Å². The lowest BCUT2D eigenvalue weighted by molar-refractivity contribution is -0.134. The van der Waals surface area contributed by atoms with Gasteiger partial charge in [0.1, 0.15) is 0 Å². The number of hydrogen-bond acceptors (Lipinski definition) is 2. The van der Waals surface area contributed by atoms with Crippen LogP contribution in [0.3, 0.4) is 0 Å². The highest BCUT2D eigenvalue weighted by Crippen LogP contribution is 2.23. The Morgan fingerprint density at radius 1 is 1.32 bits per heavy atom. The van der Waals surface area contributed by atoms with E-state index < -0.39 is 34.8 Å². The fraction of sp³-hybridized carbons (Fsp3) is 0.455. The Kier molecular flexibility index (Phi) is 5.26. The molecule has 3 nitrogen and oxygen atoms in total. The molecule has 0 saturated heterocycles. The van der Waals surface area contributed by atoms with Gasteiger partial charge in [-0.1, -0.05) is 22.0 Å². The summed E-state index contributed by atoms with van der Waals surface area (Å²) in [5.41, 5.74) is 1.25. The first kappa shape index (κ1) is 16.3. The van der Waals surface area contributed by atoms with E-state index in [0.29, 0.717) is 5.69 Å². The molecule has 0 heterocycles. The number of aryl methyl sites for hydroxylation is 1. The van der Waals surface area contributed by atoms with Gasteiger partial charge in [-0.05, 0) is 31.0 Å². The number of hydrogen-bond donors (Lipinski definition) is 1. The van der Waals surface area contributed by atoms with Crippen LogP contribution in [-0.4, -0.2) is 20.3 Å². The molecule has 19 heavy (non-hydrogen) atoms. The smallest absolute Gasteiger partial charge is 0.284 e. The minimum absolute atomic E-state index is 0.324. The first-order valence-corrected chi connectivity index (χ1v) is 7.87. The van der Waals surface area contributed by atoms with Crippen LogP contribution < -0.4 is 4.72 Å². The Morgan fingerprint density at radius 3 is 2.47 bits per heavy atom. The van der Waals surface area contributed by atoms with Gasteiger partial charge in [0.2, 0.25) is 10.0 Å². The first-order valence-electron chi connectivity index (χ1n) is 5.42. The second kappa shape index (κ2) is 6.13. The summed E-state index contributed by atoms with van der Waals surface area (Å²) in [5, 5.41) is 0. The molecule has 0 saturated carbocycles. The second-order valence-electron chi connectivity index (χ2n) is 4.10. The summed E-state index contributed by atoms with van der Waals surface area (Å²) in [5.74, 6) is -0.558. The molecular weight excluding hydrogens is 347 g/mol. The van der Waals surface area contributed by atoms with Crippen LogP contribution in [0.5, 0.6) is 0 Å². The van der Waals surface area contributed by atoms with Gasteiger partial charge in [-0.25, -0.2) is 8.42 Å². The predicted octanol–water partition coefficient (Wildman–Crippen LogP) is 3.84. The van der Waals surface area contributed by atoms with Crippen molar-refractivity contribution in [3.05, 3.63) is 28.2 Å². The number of sulfonamides is 1. The maximum absolute atomic E-state index is 11.9. The van der Waals surface area contributed by atoms with E-state index in [4.69, 9.17) is 0 Å². The van der Waals surface area contributed by atoms with Crippen molar-refractivity contribution in [1.82, 2.24) is 0 Å². The molecule has 1 rings (SSSR count). The van der Waals surface area contributed by atoms with Crippen molar-refractivity contribution in [2.75, 3.05) is 10.5 Å². The van der Waals surface area contributed by atoms with E-state index in [9.17, 15) is 21.6 Å². The molecule has 108 valence electrons. The molecule has 0 aliphatic carbocycles. The topological polar surface area (TPSA) is 46.2 Å². The van der Waals surface area contributed by atoms with Crippen molar-refractivity contribution < 1.29 is 21.6 Å². The van der Waals surface area contributed by atoms with E-state index in [0.717, 1.165) is 10.0 Å². The van der Waals surface area contributed by atoms with Crippen molar-refractivity contribution in [2.45, 2.75) is 25.9 Å². The number of alkyl halides is 3. The zero-order valence-corrected chi connectivity index (χ0v) is 12.5. The average Bonchev–Trinajstić information content (AvgIpc) is 2.20. The normalized spacial score (nSPS) is 12.5. The molecule has 0 bridgehead atoms. The lowest BCUT2D eigenvalue weighted by atomic mass is 10.2.